The zero-order valence-electron chi connectivity index (χ0n) is 10.9. The molecule has 1 aliphatic rings. The number of aliphatic hydroxyl groups is 1. The van der Waals surface area contributed by atoms with Crippen LogP contribution in [0.15, 0.2) is 12.1 Å². The summed E-state index contributed by atoms with van der Waals surface area (Å²) in [5.41, 5.74) is 6.07. The summed E-state index contributed by atoms with van der Waals surface area (Å²) in [6.07, 6.45) is 0.798. The molecule has 1 aromatic carbocycles. The predicted molar refractivity (Wildman–Crippen MR) is 67.2 cm³/mol. The van der Waals surface area contributed by atoms with E-state index in [9.17, 15) is 5.11 Å². The smallest absolute Gasteiger partial charge is 0.132 e. The van der Waals surface area contributed by atoms with Gasteiger partial charge in [0.2, 0.25) is 0 Å². The van der Waals surface area contributed by atoms with Crippen LogP contribution in [0, 0.1) is 0 Å². The van der Waals surface area contributed by atoms with Crippen LogP contribution in [-0.4, -0.2) is 32.0 Å². The van der Waals surface area contributed by atoms with E-state index in [2.05, 4.69) is 0 Å². The first-order chi connectivity index (χ1) is 8.55. The summed E-state index contributed by atoms with van der Waals surface area (Å²) in [5, 5.41) is 10.4. The van der Waals surface area contributed by atoms with Crippen LogP contribution in [0.4, 0.5) is 0 Å². The monoisotopic (exact) mass is 253 g/mol. The molecule has 3 N–H and O–H groups in total. The van der Waals surface area contributed by atoms with E-state index in [4.69, 9.17) is 19.9 Å². The maximum atomic E-state index is 10.4. The summed E-state index contributed by atoms with van der Waals surface area (Å²) >= 11 is 0. The summed E-state index contributed by atoms with van der Waals surface area (Å²) in [4.78, 5) is 0. The van der Waals surface area contributed by atoms with E-state index >= 15 is 0 Å². The minimum absolute atomic E-state index is 0.524. The number of hydrogen-bond donors (Lipinski definition) is 2. The second-order valence-electron chi connectivity index (χ2n) is 4.58. The number of nitrogens with two attached hydrogens (primary N) is 1. The lowest BCUT2D eigenvalue weighted by atomic mass is 9.98. The van der Waals surface area contributed by atoms with E-state index in [1.807, 2.05) is 0 Å². The van der Waals surface area contributed by atoms with Crippen molar-refractivity contribution in [1.82, 2.24) is 0 Å². The highest BCUT2D eigenvalue weighted by atomic mass is 16.5. The number of hydrogen-bond acceptors (Lipinski definition) is 5. The van der Waals surface area contributed by atoms with E-state index < -0.39 is 11.6 Å². The second kappa shape index (κ2) is 4.66. The summed E-state index contributed by atoms with van der Waals surface area (Å²) in [5.74, 6) is 1.66. The van der Waals surface area contributed by atoms with Crippen molar-refractivity contribution in [2.75, 3.05) is 21.3 Å². The Morgan fingerprint density at radius 2 is 1.61 bits per heavy atom. The van der Waals surface area contributed by atoms with Crippen molar-refractivity contribution in [3.05, 3.63) is 17.7 Å². The van der Waals surface area contributed by atoms with Gasteiger partial charge >= 0.3 is 0 Å². The third-order valence-electron chi connectivity index (χ3n) is 3.40. The van der Waals surface area contributed by atoms with Crippen LogP contribution in [0.25, 0.3) is 0 Å². The molecule has 100 valence electrons. The fourth-order valence-electron chi connectivity index (χ4n) is 2.01. The topological polar surface area (TPSA) is 73.9 Å². The van der Waals surface area contributed by atoms with Crippen molar-refractivity contribution in [1.29, 1.82) is 0 Å². The van der Waals surface area contributed by atoms with Gasteiger partial charge in [0.05, 0.1) is 26.9 Å². The minimum atomic E-state index is -0.798. The molecule has 0 heterocycles. The molecular formula is C13H19NO4. The molecule has 0 saturated heterocycles. The maximum absolute atomic E-state index is 10.4. The Hall–Kier alpha value is -1.46. The Labute approximate surface area is 106 Å². The minimum Gasteiger partial charge on any atom is -0.496 e. The molecule has 0 radical (unpaired) electrons. The normalized spacial score (nSPS) is 18.1. The number of aliphatic hydroxyl groups excluding tert-OH is 1. The lowest BCUT2D eigenvalue weighted by Gasteiger charge is -2.23. The molecular weight excluding hydrogens is 234 g/mol. The van der Waals surface area contributed by atoms with Crippen molar-refractivity contribution < 1.29 is 19.3 Å². The maximum Gasteiger partial charge on any atom is 0.132 e. The Morgan fingerprint density at radius 3 is 1.94 bits per heavy atom. The molecule has 0 aliphatic heterocycles. The molecule has 0 amide bonds. The van der Waals surface area contributed by atoms with Crippen molar-refractivity contribution in [2.45, 2.75) is 24.5 Å². The average molecular weight is 253 g/mol. The SMILES string of the molecule is COc1cc(OC)c(C(O)C2(N)CC2)c(OC)c1. The number of methoxy groups -OCH3 is 3. The van der Waals surface area contributed by atoms with Crippen molar-refractivity contribution in [3.63, 3.8) is 0 Å². The molecule has 0 spiro atoms. The van der Waals surface area contributed by atoms with E-state index in [-0.39, 0.29) is 0 Å². The molecule has 0 bridgehead atoms. The van der Waals surface area contributed by atoms with Crippen molar-refractivity contribution in [2.24, 2.45) is 5.73 Å². The number of benzene rings is 1. The molecule has 5 nitrogen and oxygen atoms in total. The van der Waals surface area contributed by atoms with E-state index in [1.54, 1.807) is 33.5 Å². The molecule has 0 aromatic heterocycles. The van der Waals surface area contributed by atoms with Gasteiger partial charge in [-0.05, 0) is 12.8 Å². The Bertz CT molecular complexity index is 418. The molecule has 1 fully saturated rings. The largest absolute Gasteiger partial charge is 0.496 e. The zero-order valence-corrected chi connectivity index (χ0v) is 10.9. The molecule has 2 rings (SSSR count). The molecule has 18 heavy (non-hydrogen) atoms. The first kappa shape index (κ1) is 13.0. The lowest BCUT2D eigenvalue weighted by Crippen LogP contribution is -2.31. The van der Waals surface area contributed by atoms with Crippen molar-refractivity contribution in [3.8, 4) is 17.2 Å². The van der Waals surface area contributed by atoms with Crippen LogP contribution in [0.1, 0.15) is 24.5 Å². The predicted octanol–water partition coefficient (Wildman–Crippen LogP) is 1.24. The average Bonchev–Trinajstić information content (AvgIpc) is 3.15. The van der Waals surface area contributed by atoms with Gasteiger partial charge in [-0.1, -0.05) is 0 Å². The first-order valence-electron chi connectivity index (χ1n) is 5.82. The highest BCUT2D eigenvalue weighted by Crippen LogP contribution is 2.49. The molecule has 1 unspecified atom stereocenters. The highest BCUT2D eigenvalue weighted by molar-refractivity contribution is 5.53. The molecule has 1 aliphatic carbocycles. The van der Waals surface area contributed by atoms with Gasteiger partial charge in [-0.3, -0.25) is 0 Å². The first-order valence-corrected chi connectivity index (χ1v) is 5.82. The van der Waals surface area contributed by atoms with Crippen LogP contribution in [0.2, 0.25) is 0 Å². The van der Waals surface area contributed by atoms with Gasteiger partial charge in [-0.2, -0.15) is 0 Å². The zero-order chi connectivity index (χ0) is 13.3. The van der Waals surface area contributed by atoms with Gasteiger partial charge in [-0.15, -0.1) is 0 Å². The van der Waals surface area contributed by atoms with Gasteiger partial charge in [-0.25, -0.2) is 0 Å². The summed E-state index contributed by atoms with van der Waals surface area (Å²) in [7, 11) is 4.65. The number of ether oxygens (including phenoxy) is 3. The Kier molecular flexibility index (Phi) is 3.36. The van der Waals surface area contributed by atoms with Gasteiger partial charge in [0.1, 0.15) is 23.4 Å². The van der Waals surface area contributed by atoms with Crippen LogP contribution in [0.5, 0.6) is 17.2 Å². The van der Waals surface area contributed by atoms with E-state index in [0.29, 0.717) is 22.8 Å². The molecule has 1 saturated carbocycles. The van der Waals surface area contributed by atoms with Crippen LogP contribution in [0.3, 0.4) is 0 Å². The Morgan fingerprint density at radius 1 is 1.11 bits per heavy atom. The van der Waals surface area contributed by atoms with Crippen molar-refractivity contribution >= 4 is 0 Å². The molecule has 5 heteroatoms. The third kappa shape index (κ3) is 2.11. The van der Waals surface area contributed by atoms with Crippen LogP contribution < -0.4 is 19.9 Å². The lowest BCUT2D eigenvalue weighted by molar-refractivity contribution is 0.129. The standard InChI is InChI=1S/C13H19NO4/c1-16-8-6-9(17-2)11(10(7-8)18-3)12(15)13(14)4-5-13/h6-7,12,15H,4-5,14H2,1-3H3. The van der Waals surface area contributed by atoms with Crippen LogP contribution in [-0.2, 0) is 0 Å². The highest BCUT2D eigenvalue weighted by Gasteiger charge is 2.47. The molecule has 1 aromatic rings. The summed E-state index contributed by atoms with van der Waals surface area (Å²) < 4.78 is 15.8. The Balaban J connectivity index is 2.49. The van der Waals surface area contributed by atoms with E-state index in [0.717, 1.165) is 12.8 Å². The third-order valence-corrected chi connectivity index (χ3v) is 3.40. The van der Waals surface area contributed by atoms with Gasteiger partial charge in [0, 0.05) is 17.7 Å². The fraction of sp³-hybridized carbons (Fsp3) is 0.538. The van der Waals surface area contributed by atoms with Gasteiger partial charge < -0.3 is 25.1 Å². The van der Waals surface area contributed by atoms with Gasteiger partial charge in [0.15, 0.2) is 0 Å². The van der Waals surface area contributed by atoms with Gasteiger partial charge in [0.25, 0.3) is 0 Å². The summed E-state index contributed by atoms with van der Waals surface area (Å²) in [6, 6.07) is 3.43. The fourth-order valence-corrected chi connectivity index (χ4v) is 2.01. The molecule has 1 atom stereocenters. The second-order valence-corrected chi connectivity index (χ2v) is 4.58. The van der Waals surface area contributed by atoms with E-state index in [1.165, 1.54) is 0 Å². The quantitative estimate of drug-likeness (QED) is 0.825. The van der Waals surface area contributed by atoms with Crippen LogP contribution >= 0.6 is 0 Å². The summed E-state index contributed by atoms with van der Waals surface area (Å²) in [6.45, 7) is 0. The number of rotatable bonds is 5.